The Morgan fingerprint density at radius 1 is 1.35 bits per heavy atom. The van der Waals surface area contributed by atoms with Crippen LogP contribution in [-0.2, 0) is 0 Å². The highest BCUT2D eigenvalue weighted by atomic mass is 79.9. The Hall–Kier alpha value is -0.940. The number of aliphatic hydroxyl groups excluding tert-OH is 1. The molecule has 1 aliphatic carbocycles. The minimum atomic E-state index is -1.02. The average molecular weight is 303 g/mol. The molecule has 1 aliphatic rings. The van der Waals surface area contributed by atoms with Crippen molar-refractivity contribution < 1.29 is 18.3 Å². The molecule has 17 heavy (non-hydrogen) atoms. The van der Waals surface area contributed by atoms with E-state index in [1.54, 1.807) is 6.07 Å². The smallest absolute Gasteiger partial charge is 0.201 e. The molecule has 2 aromatic rings. The SMILES string of the molecule is OC(c1cc2c(Br)cc(F)c(F)c2o1)C1CC1. The highest BCUT2D eigenvalue weighted by Gasteiger charge is 2.33. The molecular formula is C12H9BrF2O2. The first-order valence-corrected chi connectivity index (χ1v) is 6.12. The quantitative estimate of drug-likeness (QED) is 0.853. The average Bonchev–Trinajstić information content (AvgIpc) is 3.03. The molecule has 1 unspecified atom stereocenters. The van der Waals surface area contributed by atoms with Crippen molar-refractivity contribution in [3.63, 3.8) is 0 Å². The summed E-state index contributed by atoms with van der Waals surface area (Å²) in [7, 11) is 0. The van der Waals surface area contributed by atoms with Gasteiger partial charge < -0.3 is 9.52 Å². The van der Waals surface area contributed by atoms with Crippen molar-refractivity contribution in [1.82, 2.24) is 0 Å². The molecule has 1 saturated carbocycles. The zero-order valence-corrected chi connectivity index (χ0v) is 10.3. The first kappa shape index (κ1) is 11.2. The number of hydrogen-bond donors (Lipinski definition) is 1. The molecule has 1 aromatic carbocycles. The largest absolute Gasteiger partial charge is 0.455 e. The fraction of sp³-hybridized carbons (Fsp3) is 0.333. The standard InChI is InChI=1S/C12H9BrF2O2/c13-7-4-8(14)10(15)12-6(7)3-9(17-12)11(16)5-1-2-5/h3-5,11,16H,1-2H2. The van der Waals surface area contributed by atoms with Gasteiger partial charge in [-0.25, -0.2) is 4.39 Å². The van der Waals surface area contributed by atoms with Gasteiger partial charge in [0.15, 0.2) is 11.4 Å². The van der Waals surface area contributed by atoms with Crippen LogP contribution in [0.15, 0.2) is 21.0 Å². The Morgan fingerprint density at radius 3 is 2.71 bits per heavy atom. The summed E-state index contributed by atoms with van der Waals surface area (Å²) in [5.41, 5.74) is -0.147. The first-order chi connectivity index (χ1) is 8.08. The van der Waals surface area contributed by atoms with Crippen LogP contribution in [0.4, 0.5) is 8.78 Å². The fourth-order valence-electron chi connectivity index (χ4n) is 1.90. The van der Waals surface area contributed by atoms with Crippen molar-refractivity contribution >= 4 is 26.9 Å². The predicted molar refractivity (Wildman–Crippen MR) is 61.5 cm³/mol. The number of halogens is 3. The number of furan rings is 1. The normalized spacial score (nSPS) is 17.6. The Labute approximate surface area is 104 Å². The van der Waals surface area contributed by atoms with Crippen LogP contribution in [0.25, 0.3) is 11.0 Å². The van der Waals surface area contributed by atoms with Gasteiger partial charge in [0, 0.05) is 9.86 Å². The monoisotopic (exact) mass is 302 g/mol. The first-order valence-electron chi connectivity index (χ1n) is 5.33. The summed E-state index contributed by atoms with van der Waals surface area (Å²) in [6.07, 6.45) is 1.16. The Kier molecular flexibility index (Phi) is 2.48. The van der Waals surface area contributed by atoms with Crippen LogP contribution in [0.1, 0.15) is 24.7 Å². The van der Waals surface area contributed by atoms with Crippen LogP contribution in [0.3, 0.4) is 0 Å². The van der Waals surface area contributed by atoms with Crippen LogP contribution in [0.5, 0.6) is 0 Å². The Bertz CT molecular complexity index is 590. The molecule has 1 N–H and O–H groups in total. The van der Waals surface area contributed by atoms with Gasteiger partial charge in [0.05, 0.1) is 0 Å². The summed E-state index contributed by atoms with van der Waals surface area (Å²) < 4.78 is 32.3. The number of aliphatic hydroxyl groups is 1. The van der Waals surface area contributed by atoms with Gasteiger partial charge in [0.1, 0.15) is 11.9 Å². The summed E-state index contributed by atoms with van der Waals surface area (Å²) in [5.74, 6) is -1.50. The lowest BCUT2D eigenvalue weighted by molar-refractivity contribution is 0.129. The Balaban J connectivity index is 2.17. The molecule has 1 atom stereocenters. The predicted octanol–water partition coefficient (Wildman–Crippen LogP) is 3.92. The lowest BCUT2D eigenvalue weighted by atomic mass is 10.1. The molecule has 1 aromatic heterocycles. The number of benzene rings is 1. The van der Waals surface area contributed by atoms with Crippen molar-refractivity contribution in [2.24, 2.45) is 5.92 Å². The Morgan fingerprint density at radius 2 is 2.06 bits per heavy atom. The third-order valence-electron chi connectivity index (χ3n) is 3.03. The maximum atomic E-state index is 13.5. The van der Waals surface area contributed by atoms with E-state index in [1.165, 1.54) is 0 Å². The molecule has 0 aliphatic heterocycles. The molecule has 0 radical (unpaired) electrons. The number of fused-ring (bicyclic) bond motifs is 1. The number of hydrogen-bond acceptors (Lipinski definition) is 2. The third-order valence-corrected chi connectivity index (χ3v) is 3.69. The van der Waals surface area contributed by atoms with Gasteiger partial charge in [-0.05, 0) is 46.8 Å². The van der Waals surface area contributed by atoms with E-state index in [-0.39, 0.29) is 11.5 Å². The van der Waals surface area contributed by atoms with Crippen LogP contribution in [-0.4, -0.2) is 5.11 Å². The van der Waals surface area contributed by atoms with E-state index < -0.39 is 17.7 Å². The van der Waals surface area contributed by atoms with Crippen LogP contribution >= 0.6 is 15.9 Å². The molecule has 0 bridgehead atoms. The maximum absolute atomic E-state index is 13.5. The van der Waals surface area contributed by atoms with E-state index in [2.05, 4.69) is 15.9 Å². The lowest BCUT2D eigenvalue weighted by Gasteiger charge is -2.03. The van der Waals surface area contributed by atoms with Crippen LogP contribution in [0, 0.1) is 17.6 Å². The molecule has 0 spiro atoms. The van der Waals surface area contributed by atoms with Crippen molar-refractivity contribution in [2.75, 3.05) is 0 Å². The van der Waals surface area contributed by atoms with Crippen molar-refractivity contribution in [3.8, 4) is 0 Å². The molecular weight excluding hydrogens is 294 g/mol. The van der Waals surface area contributed by atoms with Gasteiger partial charge in [0.2, 0.25) is 5.82 Å². The molecule has 5 heteroatoms. The van der Waals surface area contributed by atoms with Crippen molar-refractivity contribution in [2.45, 2.75) is 18.9 Å². The molecule has 3 rings (SSSR count). The zero-order valence-electron chi connectivity index (χ0n) is 8.71. The van der Waals surface area contributed by atoms with Gasteiger partial charge in [-0.1, -0.05) is 0 Å². The van der Waals surface area contributed by atoms with E-state index in [4.69, 9.17) is 4.42 Å². The van der Waals surface area contributed by atoms with Gasteiger partial charge in [-0.3, -0.25) is 0 Å². The van der Waals surface area contributed by atoms with E-state index in [0.29, 0.717) is 15.6 Å². The summed E-state index contributed by atoms with van der Waals surface area (Å²) in [6.45, 7) is 0. The molecule has 90 valence electrons. The third kappa shape index (κ3) is 1.77. The van der Waals surface area contributed by atoms with Crippen molar-refractivity contribution in [1.29, 1.82) is 0 Å². The minimum absolute atomic E-state index is 0.147. The lowest BCUT2D eigenvalue weighted by Crippen LogP contribution is -1.96. The van der Waals surface area contributed by atoms with Gasteiger partial charge in [0.25, 0.3) is 0 Å². The van der Waals surface area contributed by atoms with E-state index >= 15 is 0 Å². The highest BCUT2D eigenvalue weighted by Crippen LogP contribution is 2.43. The topological polar surface area (TPSA) is 33.4 Å². The number of rotatable bonds is 2. The summed E-state index contributed by atoms with van der Waals surface area (Å²) >= 11 is 3.15. The van der Waals surface area contributed by atoms with Gasteiger partial charge in [-0.2, -0.15) is 4.39 Å². The fourth-order valence-corrected chi connectivity index (χ4v) is 2.40. The molecule has 2 nitrogen and oxygen atoms in total. The summed E-state index contributed by atoms with van der Waals surface area (Å²) in [5, 5.41) is 10.3. The van der Waals surface area contributed by atoms with E-state index in [1.807, 2.05) is 0 Å². The van der Waals surface area contributed by atoms with Crippen LogP contribution in [0.2, 0.25) is 0 Å². The van der Waals surface area contributed by atoms with E-state index in [9.17, 15) is 13.9 Å². The molecule has 0 amide bonds. The molecule has 1 heterocycles. The van der Waals surface area contributed by atoms with Gasteiger partial charge >= 0.3 is 0 Å². The summed E-state index contributed by atoms with van der Waals surface area (Å²) in [6, 6.07) is 2.62. The molecule has 1 fully saturated rings. The second-order valence-electron chi connectivity index (χ2n) is 4.33. The van der Waals surface area contributed by atoms with Crippen molar-refractivity contribution in [3.05, 3.63) is 34.0 Å². The van der Waals surface area contributed by atoms with Crippen LogP contribution < -0.4 is 0 Å². The molecule has 0 saturated heterocycles. The van der Waals surface area contributed by atoms with Gasteiger partial charge in [-0.15, -0.1) is 0 Å². The maximum Gasteiger partial charge on any atom is 0.201 e. The zero-order chi connectivity index (χ0) is 12.2. The highest BCUT2D eigenvalue weighted by molar-refractivity contribution is 9.10. The minimum Gasteiger partial charge on any atom is -0.455 e. The van der Waals surface area contributed by atoms with E-state index in [0.717, 1.165) is 18.9 Å². The second-order valence-corrected chi connectivity index (χ2v) is 5.18. The summed E-state index contributed by atoms with van der Waals surface area (Å²) in [4.78, 5) is 0. The second kappa shape index (κ2) is 3.78.